The average Bonchev–Trinajstić information content (AvgIpc) is 2.59. The number of alkyl halides is 1. The Morgan fingerprint density at radius 2 is 1.95 bits per heavy atom. The maximum Gasteiger partial charge on any atom is 0.0639 e. The summed E-state index contributed by atoms with van der Waals surface area (Å²) < 4.78 is 7.40. The van der Waals surface area contributed by atoms with Crippen molar-refractivity contribution in [1.82, 2.24) is 0 Å². The zero-order valence-electron chi connectivity index (χ0n) is 13.1. The number of aliphatic hydroxyl groups is 1. The van der Waals surface area contributed by atoms with Crippen LogP contribution in [0.5, 0.6) is 0 Å². The van der Waals surface area contributed by atoms with E-state index in [-0.39, 0.29) is 11.5 Å². The summed E-state index contributed by atoms with van der Waals surface area (Å²) in [5, 5.41) is 10.4. The van der Waals surface area contributed by atoms with E-state index in [9.17, 15) is 5.11 Å². The zero-order chi connectivity index (χ0) is 14.6. The number of fused-ring (bicyclic) bond motifs is 1. The van der Waals surface area contributed by atoms with Gasteiger partial charge in [0.2, 0.25) is 0 Å². The molecule has 2 bridgehead atoms. The van der Waals surface area contributed by atoms with Crippen LogP contribution in [0.2, 0.25) is 0 Å². The lowest BCUT2D eigenvalue weighted by Gasteiger charge is -2.58. The molecule has 0 aliphatic heterocycles. The molecule has 0 aromatic carbocycles. The Hall–Kier alpha value is 0.650. The molecule has 0 amide bonds. The Labute approximate surface area is 137 Å². The maximum absolute atomic E-state index is 10.4. The molecule has 0 unspecified atom stereocenters. The summed E-state index contributed by atoms with van der Waals surface area (Å²) in [6, 6.07) is 0. The third-order valence-corrected chi connectivity index (χ3v) is 7.25. The van der Waals surface area contributed by atoms with Gasteiger partial charge in [0.05, 0.1) is 18.8 Å². The van der Waals surface area contributed by atoms with Crippen LogP contribution in [0.15, 0.2) is 0 Å². The van der Waals surface area contributed by atoms with Crippen molar-refractivity contribution in [3.05, 3.63) is 0 Å². The number of rotatable bonds is 3. The molecule has 0 radical (unpaired) electrons. The van der Waals surface area contributed by atoms with Gasteiger partial charge in [0, 0.05) is 9.84 Å². The quantitative estimate of drug-likeness (QED) is 0.577. The number of halogens is 1. The minimum Gasteiger partial charge on any atom is -0.393 e. The summed E-state index contributed by atoms with van der Waals surface area (Å²) in [6.07, 6.45) is 7.35. The fourth-order valence-electron chi connectivity index (χ4n) is 5.93. The van der Waals surface area contributed by atoms with Crippen molar-refractivity contribution in [2.24, 2.45) is 22.2 Å². The topological polar surface area (TPSA) is 29.5 Å². The first-order valence-corrected chi connectivity index (χ1v) is 9.72. The first-order valence-electron chi connectivity index (χ1n) is 8.20. The SMILES string of the molecule is CC1(C)C[C@H](OCCI)[C@]23CC[C@@H](O)[C@@](C)(CC[C@@H]12)C3. The lowest BCUT2D eigenvalue weighted by molar-refractivity contribution is -0.154. The van der Waals surface area contributed by atoms with E-state index < -0.39 is 0 Å². The number of aliphatic hydroxyl groups excluding tert-OH is 1. The smallest absolute Gasteiger partial charge is 0.0639 e. The molecule has 3 aliphatic rings. The Balaban J connectivity index is 1.92. The van der Waals surface area contributed by atoms with Gasteiger partial charge in [-0.2, -0.15) is 0 Å². The number of hydrogen-bond donors (Lipinski definition) is 1. The van der Waals surface area contributed by atoms with Gasteiger partial charge in [-0.1, -0.05) is 43.4 Å². The predicted octanol–water partition coefficient (Wildman–Crippen LogP) is 4.18. The highest BCUT2D eigenvalue weighted by Crippen LogP contribution is 2.69. The molecule has 116 valence electrons. The van der Waals surface area contributed by atoms with Crippen molar-refractivity contribution in [1.29, 1.82) is 0 Å². The van der Waals surface area contributed by atoms with Gasteiger partial charge >= 0.3 is 0 Å². The minimum atomic E-state index is -0.0944. The van der Waals surface area contributed by atoms with E-state index in [1.54, 1.807) is 0 Å². The van der Waals surface area contributed by atoms with Crippen LogP contribution in [-0.4, -0.2) is 28.3 Å². The monoisotopic (exact) mass is 392 g/mol. The van der Waals surface area contributed by atoms with Gasteiger partial charge in [0.25, 0.3) is 0 Å². The fraction of sp³-hybridized carbons (Fsp3) is 1.00. The Morgan fingerprint density at radius 1 is 1.20 bits per heavy atom. The van der Waals surface area contributed by atoms with Crippen LogP contribution in [0.4, 0.5) is 0 Å². The van der Waals surface area contributed by atoms with E-state index >= 15 is 0 Å². The van der Waals surface area contributed by atoms with Crippen LogP contribution in [0.3, 0.4) is 0 Å². The average molecular weight is 392 g/mol. The third kappa shape index (κ3) is 2.18. The molecule has 0 aromatic heterocycles. The summed E-state index contributed by atoms with van der Waals surface area (Å²) in [5.74, 6) is 0.787. The van der Waals surface area contributed by atoms with E-state index in [4.69, 9.17) is 4.74 Å². The van der Waals surface area contributed by atoms with Gasteiger partial charge in [-0.15, -0.1) is 0 Å². The van der Waals surface area contributed by atoms with Crippen molar-refractivity contribution < 1.29 is 9.84 Å². The predicted molar refractivity (Wildman–Crippen MR) is 90.1 cm³/mol. The number of ether oxygens (including phenoxy) is 1. The highest BCUT2D eigenvalue weighted by atomic mass is 127. The molecule has 3 heteroatoms. The lowest BCUT2D eigenvalue weighted by Crippen LogP contribution is -2.54. The summed E-state index contributed by atoms with van der Waals surface area (Å²) in [4.78, 5) is 0. The Bertz CT molecular complexity index is 383. The van der Waals surface area contributed by atoms with Crippen molar-refractivity contribution in [2.75, 3.05) is 11.0 Å². The molecule has 1 N–H and O–H groups in total. The van der Waals surface area contributed by atoms with Crippen LogP contribution >= 0.6 is 22.6 Å². The summed E-state index contributed by atoms with van der Waals surface area (Å²) in [7, 11) is 0. The minimum absolute atomic E-state index is 0.0944. The summed E-state index contributed by atoms with van der Waals surface area (Å²) >= 11 is 2.41. The van der Waals surface area contributed by atoms with Crippen molar-refractivity contribution >= 4 is 22.6 Å². The molecule has 5 atom stereocenters. The van der Waals surface area contributed by atoms with Gasteiger partial charge in [0.1, 0.15) is 0 Å². The van der Waals surface area contributed by atoms with E-state index in [1.165, 1.54) is 32.1 Å². The van der Waals surface area contributed by atoms with E-state index in [2.05, 4.69) is 43.4 Å². The van der Waals surface area contributed by atoms with Crippen LogP contribution in [0.25, 0.3) is 0 Å². The molecule has 2 nitrogen and oxygen atoms in total. The van der Waals surface area contributed by atoms with Crippen LogP contribution in [0, 0.1) is 22.2 Å². The van der Waals surface area contributed by atoms with Gasteiger partial charge in [-0.3, -0.25) is 0 Å². The Kier molecular flexibility index (Phi) is 3.95. The maximum atomic E-state index is 10.4. The molecule has 3 fully saturated rings. The second kappa shape index (κ2) is 5.09. The molecule has 0 aromatic rings. The highest BCUT2D eigenvalue weighted by molar-refractivity contribution is 14.1. The molecule has 3 rings (SSSR count). The van der Waals surface area contributed by atoms with Gasteiger partial charge < -0.3 is 9.84 Å². The highest BCUT2D eigenvalue weighted by Gasteiger charge is 2.65. The molecule has 0 heterocycles. The standard InChI is InChI=1S/C17H29IO2/c1-15(2)10-14(20-9-8-18)17-7-5-13(19)16(3,11-17)6-4-12(15)17/h12-14,19H,4-11H2,1-3H3/t12-,13+,14-,16-,17-/m0/s1. The fourth-order valence-corrected chi connectivity index (χ4v) is 6.18. The second-order valence-electron chi connectivity index (χ2n) is 8.45. The molecule has 20 heavy (non-hydrogen) atoms. The van der Waals surface area contributed by atoms with Crippen LogP contribution < -0.4 is 0 Å². The van der Waals surface area contributed by atoms with E-state index in [0.29, 0.717) is 16.9 Å². The Morgan fingerprint density at radius 3 is 2.65 bits per heavy atom. The molecule has 0 saturated heterocycles. The van der Waals surface area contributed by atoms with Crippen LogP contribution in [0.1, 0.15) is 59.3 Å². The lowest BCUT2D eigenvalue weighted by atomic mass is 9.49. The van der Waals surface area contributed by atoms with Crippen molar-refractivity contribution in [2.45, 2.75) is 71.5 Å². The normalized spacial score (nSPS) is 50.0. The van der Waals surface area contributed by atoms with Gasteiger partial charge in [0.15, 0.2) is 0 Å². The summed E-state index contributed by atoms with van der Waals surface area (Å²) in [6.45, 7) is 8.09. The first-order chi connectivity index (χ1) is 9.34. The van der Waals surface area contributed by atoms with Gasteiger partial charge in [-0.25, -0.2) is 0 Å². The largest absolute Gasteiger partial charge is 0.393 e. The first kappa shape index (κ1) is 15.5. The third-order valence-electron chi connectivity index (χ3n) is 6.81. The van der Waals surface area contributed by atoms with E-state index in [0.717, 1.165) is 23.4 Å². The van der Waals surface area contributed by atoms with Gasteiger partial charge in [-0.05, 0) is 55.3 Å². The number of hydrogen-bond acceptors (Lipinski definition) is 2. The second-order valence-corrected chi connectivity index (χ2v) is 9.53. The molecule has 1 spiro atoms. The van der Waals surface area contributed by atoms with Crippen molar-refractivity contribution in [3.8, 4) is 0 Å². The molecular formula is C17H29IO2. The van der Waals surface area contributed by atoms with Crippen molar-refractivity contribution in [3.63, 3.8) is 0 Å². The van der Waals surface area contributed by atoms with E-state index in [1.807, 2.05) is 0 Å². The van der Waals surface area contributed by atoms with Crippen LogP contribution in [-0.2, 0) is 4.74 Å². The zero-order valence-corrected chi connectivity index (χ0v) is 15.3. The molecular weight excluding hydrogens is 363 g/mol. The molecule has 3 aliphatic carbocycles. The summed E-state index contributed by atoms with van der Waals surface area (Å²) in [5.41, 5.74) is 0.891. The molecule has 3 saturated carbocycles.